The second kappa shape index (κ2) is 6.71. The van der Waals surface area contributed by atoms with E-state index in [2.05, 4.69) is 36.1 Å². The summed E-state index contributed by atoms with van der Waals surface area (Å²) in [5.41, 5.74) is 1.28. The number of hydrogen-bond acceptors (Lipinski definition) is 4. The molecule has 21 heavy (non-hydrogen) atoms. The zero-order valence-electron chi connectivity index (χ0n) is 13.2. The first kappa shape index (κ1) is 15.4. The van der Waals surface area contributed by atoms with Crippen molar-refractivity contribution in [3.8, 4) is 0 Å². The van der Waals surface area contributed by atoms with Gasteiger partial charge in [0.05, 0.1) is 17.3 Å². The SMILES string of the molecule is CC(C)CNCc1ccn(C2CCOC3(CCSC3)C2)n1. The van der Waals surface area contributed by atoms with Crippen molar-refractivity contribution in [3.63, 3.8) is 0 Å². The van der Waals surface area contributed by atoms with Crippen molar-refractivity contribution < 1.29 is 4.74 Å². The van der Waals surface area contributed by atoms with Crippen LogP contribution in [0, 0.1) is 5.92 Å². The Morgan fingerprint density at radius 2 is 2.48 bits per heavy atom. The fourth-order valence-electron chi connectivity index (χ4n) is 3.25. The van der Waals surface area contributed by atoms with Gasteiger partial charge in [-0.05, 0) is 43.5 Å². The average molecular weight is 309 g/mol. The first-order valence-electron chi connectivity index (χ1n) is 8.13. The number of nitrogens with zero attached hydrogens (tertiary/aromatic N) is 2. The van der Waals surface area contributed by atoms with Crippen molar-refractivity contribution in [2.45, 2.75) is 51.3 Å². The molecule has 0 bridgehead atoms. The van der Waals surface area contributed by atoms with Crippen molar-refractivity contribution in [2.75, 3.05) is 24.7 Å². The van der Waals surface area contributed by atoms with E-state index < -0.39 is 0 Å². The summed E-state index contributed by atoms with van der Waals surface area (Å²) in [7, 11) is 0. The average Bonchev–Trinajstić information content (AvgIpc) is 3.09. The van der Waals surface area contributed by atoms with E-state index in [-0.39, 0.29) is 5.60 Å². The summed E-state index contributed by atoms with van der Waals surface area (Å²) in [4.78, 5) is 0. The highest BCUT2D eigenvalue weighted by atomic mass is 32.2. The van der Waals surface area contributed by atoms with Crippen LogP contribution in [0.4, 0.5) is 0 Å². The zero-order valence-corrected chi connectivity index (χ0v) is 14.0. The molecule has 0 radical (unpaired) electrons. The molecule has 2 aliphatic rings. The monoisotopic (exact) mass is 309 g/mol. The minimum atomic E-state index is 0.135. The van der Waals surface area contributed by atoms with Crippen LogP contribution in [0.3, 0.4) is 0 Å². The van der Waals surface area contributed by atoms with Gasteiger partial charge in [0, 0.05) is 25.1 Å². The summed E-state index contributed by atoms with van der Waals surface area (Å²) in [6.07, 6.45) is 5.57. The molecule has 0 amide bonds. The van der Waals surface area contributed by atoms with Crippen molar-refractivity contribution in [1.29, 1.82) is 0 Å². The molecule has 2 unspecified atom stereocenters. The molecule has 1 aromatic rings. The van der Waals surface area contributed by atoms with Crippen LogP contribution in [0.2, 0.25) is 0 Å². The Kier molecular flexibility index (Phi) is 4.92. The summed E-state index contributed by atoms with van der Waals surface area (Å²) in [5.74, 6) is 3.09. The number of ether oxygens (including phenoxy) is 1. The van der Waals surface area contributed by atoms with Gasteiger partial charge in [-0.25, -0.2) is 0 Å². The second-order valence-electron chi connectivity index (χ2n) is 6.79. The highest BCUT2D eigenvalue weighted by Gasteiger charge is 2.41. The van der Waals surface area contributed by atoms with Crippen LogP contribution in [0.15, 0.2) is 12.3 Å². The molecule has 1 aromatic heterocycles. The largest absolute Gasteiger partial charge is 0.374 e. The van der Waals surface area contributed by atoms with Gasteiger partial charge in [0.2, 0.25) is 0 Å². The Morgan fingerprint density at radius 1 is 1.57 bits per heavy atom. The van der Waals surface area contributed by atoms with Crippen LogP contribution in [0.1, 0.15) is 44.8 Å². The first-order chi connectivity index (χ1) is 10.2. The van der Waals surface area contributed by atoms with Gasteiger partial charge in [0.1, 0.15) is 0 Å². The van der Waals surface area contributed by atoms with Gasteiger partial charge in [0.25, 0.3) is 0 Å². The van der Waals surface area contributed by atoms with Crippen molar-refractivity contribution in [2.24, 2.45) is 5.92 Å². The summed E-state index contributed by atoms with van der Waals surface area (Å²) >= 11 is 2.03. The molecule has 2 fully saturated rings. The van der Waals surface area contributed by atoms with Crippen molar-refractivity contribution in [3.05, 3.63) is 18.0 Å². The van der Waals surface area contributed by atoms with E-state index in [4.69, 9.17) is 9.84 Å². The summed E-state index contributed by atoms with van der Waals surface area (Å²) in [6.45, 7) is 7.26. The molecular weight excluding hydrogens is 282 g/mol. The number of hydrogen-bond donors (Lipinski definition) is 1. The van der Waals surface area contributed by atoms with E-state index in [1.54, 1.807) is 0 Å². The Morgan fingerprint density at radius 3 is 3.24 bits per heavy atom. The molecule has 0 aromatic carbocycles. The fraction of sp³-hybridized carbons (Fsp3) is 0.812. The maximum atomic E-state index is 6.10. The minimum Gasteiger partial charge on any atom is -0.374 e. The molecule has 118 valence electrons. The summed E-state index contributed by atoms with van der Waals surface area (Å²) in [5, 5.41) is 8.24. The third kappa shape index (κ3) is 3.82. The smallest absolute Gasteiger partial charge is 0.0800 e. The standard InChI is InChI=1S/C16H27N3OS/c1-13(2)10-17-11-14-3-6-19(18-14)15-4-7-20-16(9-15)5-8-21-12-16/h3,6,13,15,17H,4-5,7-12H2,1-2H3. The molecule has 1 spiro atoms. The van der Waals surface area contributed by atoms with E-state index in [1.165, 1.54) is 12.2 Å². The van der Waals surface area contributed by atoms with E-state index in [9.17, 15) is 0 Å². The summed E-state index contributed by atoms with van der Waals surface area (Å²) in [6, 6.07) is 2.66. The highest BCUT2D eigenvalue weighted by Crippen LogP contribution is 2.41. The third-order valence-corrected chi connectivity index (χ3v) is 5.65. The Hall–Kier alpha value is -0.520. The lowest BCUT2D eigenvalue weighted by molar-refractivity contribution is -0.0778. The predicted molar refractivity (Wildman–Crippen MR) is 87.7 cm³/mol. The maximum Gasteiger partial charge on any atom is 0.0800 e. The Bertz CT molecular complexity index is 454. The van der Waals surface area contributed by atoms with Gasteiger partial charge in [-0.15, -0.1) is 0 Å². The van der Waals surface area contributed by atoms with Gasteiger partial charge in [0.15, 0.2) is 0 Å². The van der Waals surface area contributed by atoms with Crippen LogP contribution >= 0.6 is 11.8 Å². The van der Waals surface area contributed by atoms with Crippen LogP contribution in [-0.2, 0) is 11.3 Å². The molecule has 2 atom stereocenters. The molecule has 2 saturated heterocycles. The van der Waals surface area contributed by atoms with Gasteiger partial charge < -0.3 is 10.1 Å². The van der Waals surface area contributed by atoms with Crippen LogP contribution in [0.5, 0.6) is 0 Å². The van der Waals surface area contributed by atoms with E-state index in [0.29, 0.717) is 12.0 Å². The minimum absolute atomic E-state index is 0.135. The third-order valence-electron chi connectivity index (χ3n) is 4.43. The first-order valence-corrected chi connectivity index (χ1v) is 9.29. The Balaban J connectivity index is 1.57. The van der Waals surface area contributed by atoms with Gasteiger partial charge in [-0.1, -0.05) is 13.8 Å². The molecule has 1 N–H and O–H groups in total. The molecule has 3 rings (SSSR count). The molecule has 3 heterocycles. The van der Waals surface area contributed by atoms with Gasteiger partial charge >= 0.3 is 0 Å². The van der Waals surface area contributed by atoms with Crippen LogP contribution < -0.4 is 5.32 Å². The second-order valence-corrected chi connectivity index (χ2v) is 7.90. The van der Waals surface area contributed by atoms with E-state index >= 15 is 0 Å². The molecule has 5 heteroatoms. The normalized spacial score (nSPS) is 29.6. The number of rotatable bonds is 5. The van der Waals surface area contributed by atoms with Gasteiger partial charge in [-0.3, -0.25) is 4.68 Å². The predicted octanol–water partition coefficient (Wildman–Crippen LogP) is 2.86. The topological polar surface area (TPSA) is 39.1 Å². The Labute approximate surface area is 132 Å². The molecular formula is C16H27N3OS. The van der Waals surface area contributed by atoms with Crippen LogP contribution in [-0.4, -0.2) is 40.0 Å². The lowest BCUT2D eigenvalue weighted by Gasteiger charge is -2.37. The quantitative estimate of drug-likeness (QED) is 0.908. The van der Waals surface area contributed by atoms with E-state index in [0.717, 1.165) is 44.0 Å². The lowest BCUT2D eigenvalue weighted by Crippen LogP contribution is -2.40. The molecule has 4 nitrogen and oxygen atoms in total. The molecule has 2 aliphatic heterocycles. The van der Waals surface area contributed by atoms with E-state index in [1.807, 2.05) is 11.8 Å². The zero-order chi connectivity index (χ0) is 14.7. The highest BCUT2D eigenvalue weighted by molar-refractivity contribution is 7.99. The number of thioether (sulfide) groups is 1. The maximum absolute atomic E-state index is 6.10. The van der Waals surface area contributed by atoms with Crippen molar-refractivity contribution >= 4 is 11.8 Å². The number of nitrogens with one attached hydrogen (secondary N) is 1. The fourth-order valence-corrected chi connectivity index (χ4v) is 4.63. The lowest BCUT2D eigenvalue weighted by atomic mass is 9.90. The molecule has 0 aliphatic carbocycles. The summed E-state index contributed by atoms with van der Waals surface area (Å²) < 4.78 is 8.28. The van der Waals surface area contributed by atoms with Crippen molar-refractivity contribution in [1.82, 2.24) is 15.1 Å². The van der Waals surface area contributed by atoms with Gasteiger partial charge in [-0.2, -0.15) is 16.9 Å². The van der Waals surface area contributed by atoms with Crippen LogP contribution in [0.25, 0.3) is 0 Å². The molecule has 0 saturated carbocycles. The number of aromatic nitrogens is 2.